The lowest BCUT2D eigenvalue weighted by atomic mass is 9.96. The van der Waals surface area contributed by atoms with Crippen LogP contribution in [0.25, 0.3) is 0 Å². The fourth-order valence-corrected chi connectivity index (χ4v) is 1.55. The number of carbonyl (C=O) groups is 1. The molecule has 76 valence electrons. The molecular formula is C9H18N2O2. The Morgan fingerprint density at radius 2 is 2.46 bits per heavy atom. The van der Waals surface area contributed by atoms with Gasteiger partial charge in [0, 0.05) is 6.04 Å². The lowest BCUT2D eigenvalue weighted by Crippen LogP contribution is -2.48. The number of carbonyl (C=O) groups excluding carboxylic acids is 1. The van der Waals surface area contributed by atoms with E-state index in [2.05, 4.69) is 17.6 Å². The van der Waals surface area contributed by atoms with Gasteiger partial charge >= 0.3 is 6.09 Å². The highest BCUT2D eigenvalue weighted by Gasteiger charge is 2.22. The first-order chi connectivity index (χ1) is 6.24. The van der Waals surface area contributed by atoms with Crippen LogP contribution in [0.5, 0.6) is 0 Å². The standard InChI is InChI=1S/C9H18N2O2/c1-3-13-9(12)11-8-4-5-10-6-7(8)2/h7-8,10H,3-6H2,1-2H3,(H,11,12). The van der Waals surface area contributed by atoms with Crippen LogP contribution in [0.15, 0.2) is 0 Å². The molecule has 4 nitrogen and oxygen atoms in total. The molecule has 2 unspecified atom stereocenters. The summed E-state index contributed by atoms with van der Waals surface area (Å²) in [4.78, 5) is 11.1. The van der Waals surface area contributed by atoms with Gasteiger partial charge < -0.3 is 15.4 Å². The summed E-state index contributed by atoms with van der Waals surface area (Å²) in [7, 11) is 0. The van der Waals surface area contributed by atoms with E-state index in [4.69, 9.17) is 4.74 Å². The van der Waals surface area contributed by atoms with Gasteiger partial charge in [-0.2, -0.15) is 0 Å². The topological polar surface area (TPSA) is 50.4 Å². The molecule has 13 heavy (non-hydrogen) atoms. The van der Waals surface area contributed by atoms with E-state index in [1.807, 2.05) is 6.92 Å². The second kappa shape index (κ2) is 5.07. The summed E-state index contributed by atoms with van der Waals surface area (Å²) in [6.45, 7) is 6.32. The third-order valence-electron chi connectivity index (χ3n) is 2.36. The molecule has 0 aromatic carbocycles. The third-order valence-corrected chi connectivity index (χ3v) is 2.36. The molecular weight excluding hydrogens is 168 g/mol. The van der Waals surface area contributed by atoms with Crippen LogP contribution in [-0.4, -0.2) is 31.8 Å². The molecule has 0 spiro atoms. The van der Waals surface area contributed by atoms with Gasteiger partial charge in [0.2, 0.25) is 0 Å². The molecule has 0 radical (unpaired) electrons. The monoisotopic (exact) mass is 186 g/mol. The summed E-state index contributed by atoms with van der Waals surface area (Å²) in [6.07, 6.45) is 0.696. The van der Waals surface area contributed by atoms with Crippen LogP contribution >= 0.6 is 0 Å². The van der Waals surface area contributed by atoms with E-state index in [9.17, 15) is 4.79 Å². The zero-order valence-electron chi connectivity index (χ0n) is 8.30. The van der Waals surface area contributed by atoms with Crippen LogP contribution in [-0.2, 0) is 4.74 Å². The molecule has 2 N–H and O–H groups in total. The van der Waals surface area contributed by atoms with E-state index in [0.29, 0.717) is 12.5 Å². The largest absolute Gasteiger partial charge is 0.450 e. The fourth-order valence-electron chi connectivity index (χ4n) is 1.55. The number of alkyl carbamates (subject to hydrolysis) is 1. The van der Waals surface area contributed by atoms with Gasteiger partial charge in [0.15, 0.2) is 0 Å². The van der Waals surface area contributed by atoms with Crippen molar-refractivity contribution in [2.75, 3.05) is 19.7 Å². The lowest BCUT2D eigenvalue weighted by molar-refractivity contribution is 0.141. The second-order valence-corrected chi connectivity index (χ2v) is 3.44. The van der Waals surface area contributed by atoms with E-state index >= 15 is 0 Å². The number of hydrogen-bond donors (Lipinski definition) is 2. The Bertz CT molecular complexity index is 173. The number of piperidine rings is 1. The van der Waals surface area contributed by atoms with Crippen LogP contribution in [0, 0.1) is 5.92 Å². The van der Waals surface area contributed by atoms with Gasteiger partial charge in [-0.1, -0.05) is 6.92 Å². The molecule has 1 saturated heterocycles. The maximum absolute atomic E-state index is 11.1. The summed E-state index contributed by atoms with van der Waals surface area (Å²) in [5.41, 5.74) is 0. The van der Waals surface area contributed by atoms with Crippen molar-refractivity contribution >= 4 is 6.09 Å². The number of rotatable bonds is 2. The Kier molecular flexibility index (Phi) is 4.02. The van der Waals surface area contributed by atoms with E-state index in [-0.39, 0.29) is 12.1 Å². The minimum atomic E-state index is -0.291. The van der Waals surface area contributed by atoms with Gasteiger partial charge in [-0.25, -0.2) is 4.79 Å². The molecule has 0 aliphatic carbocycles. The molecule has 0 saturated carbocycles. The number of hydrogen-bond acceptors (Lipinski definition) is 3. The molecule has 1 aliphatic rings. The van der Waals surface area contributed by atoms with Crippen molar-refractivity contribution in [3.8, 4) is 0 Å². The predicted octanol–water partition coefficient (Wildman–Crippen LogP) is 0.730. The van der Waals surface area contributed by atoms with Gasteiger partial charge in [0.1, 0.15) is 0 Å². The Hall–Kier alpha value is -0.770. The summed E-state index contributed by atoms with van der Waals surface area (Å²) in [5.74, 6) is 0.484. The van der Waals surface area contributed by atoms with Gasteiger partial charge in [0.05, 0.1) is 6.61 Å². The SMILES string of the molecule is CCOC(=O)NC1CCNCC1C. The molecule has 1 amide bonds. The number of nitrogens with one attached hydrogen (secondary N) is 2. The maximum atomic E-state index is 11.1. The highest BCUT2D eigenvalue weighted by Crippen LogP contribution is 2.10. The molecule has 2 atom stereocenters. The van der Waals surface area contributed by atoms with Crippen LogP contribution in [0.3, 0.4) is 0 Å². The van der Waals surface area contributed by atoms with Crippen molar-refractivity contribution in [1.82, 2.24) is 10.6 Å². The summed E-state index contributed by atoms with van der Waals surface area (Å²) in [6, 6.07) is 0.264. The second-order valence-electron chi connectivity index (χ2n) is 3.44. The molecule has 1 heterocycles. The van der Waals surface area contributed by atoms with Crippen molar-refractivity contribution in [2.45, 2.75) is 26.3 Å². The van der Waals surface area contributed by atoms with Crippen LogP contribution in [0.2, 0.25) is 0 Å². The normalized spacial score (nSPS) is 28.2. The van der Waals surface area contributed by atoms with Crippen molar-refractivity contribution in [1.29, 1.82) is 0 Å². The molecule has 4 heteroatoms. The summed E-state index contributed by atoms with van der Waals surface area (Å²) >= 11 is 0. The minimum absolute atomic E-state index is 0.264. The first-order valence-electron chi connectivity index (χ1n) is 4.88. The number of amides is 1. The maximum Gasteiger partial charge on any atom is 0.407 e. The molecule has 1 fully saturated rings. The Labute approximate surface area is 79.0 Å². The number of ether oxygens (including phenoxy) is 1. The first-order valence-corrected chi connectivity index (χ1v) is 4.88. The minimum Gasteiger partial charge on any atom is -0.450 e. The molecule has 0 bridgehead atoms. The van der Waals surface area contributed by atoms with Crippen molar-refractivity contribution in [3.63, 3.8) is 0 Å². The highest BCUT2D eigenvalue weighted by atomic mass is 16.5. The van der Waals surface area contributed by atoms with Gasteiger partial charge in [-0.05, 0) is 32.4 Å². The van der Waals surface area contributed by atoms with Crippen molar-refractivity contribution in [2.24, 2.45) is 5.92 Å². The molecule has 0 aromatic rings. The Morgan fingerprint density at radius 3 is 3.08 bits per heavy atom. The Morgan fingerprint density at radius 1 is 1.69 bits per heavy atom. The smallest absolute Gasteiger partial charge is 0.407 e. The molecule has 0 aromatic heterocycles. The van der Waals surface area contributed by atoms with E-state index in [1.54, 1.807) is 0 Å². The van der Waals surface area contributed by atoms with E-state index in [1.165, 1.54) is 0 Å². The fraction of sp³-hybridized carbons (Fsp3) is 0.889. The Balaban J connectivity index is 2.29. The van der Waals surface area contributed by atoms with Crippen LogP contribution in [0.1, 0.15) is 20.3 Å². The lowest BCUT2D eigenvalue weighted by Gasteiger charge is -2.29. The molecule has 1 rings (SSSR count). The van der Waals surface area contributed by atoms with Gasteiger partial charge in [-0.3, -0.25) is 0 Å². The van der Waals surface area contributed by atoms with Crippen LogP contribution < -0.4 is 10.6 Å². The quantitative estimate of drug-likeness (QED) is 0.668. The predicted molar refractivity (Wildman–Crippen MR) is 50.6 cm³/mol. The first kappa shape index (κ1) is 10.3. The van der Waals surface area contributed by atoms with E-state index in [0.717, 1.165) is 19.5 Å². The van der Waals surface area contributed by atoms with Crippen molar-refractivity contribution < 1.29 is 9.53 Å². The average molecular weight is 186 g/mol. The van der Waals surface area contributed by atoms with Crippen LogP contribution in [0.4, 0.5) is 4.79 Å². The zero-order valence-corrected chi connectivity index (χ0v) is 8.30. The zero-order chi connectivity index (χ0) is 9.68. The van der Waals surface area contributed by atoms with E-state index < -0.39 is 0 Å². The highest BCUT2D eigenvalue weighted by molar-refractivity contribution is 5.67. The summed E-state index contributed by atoms with van der Waals surface area (Å²) < 4.78 is 4.82. The summed E-state index contributed by atoms with van der Waals surface area (Å²) in [5, 5.41) is 6.15. The van der Waals surface area contributed by atoms with Gasteiger partial charge in [-0.15, -0.1) is 0 Å². The average Bonchev–Trinajstić information content (AvgIpc) is 2.09. The van der Waals surface area contributed by atoms with Crippen molar-refractivity contribution in [3.05, 3.63) is 0 Å². The molecule has 1 aliphatic heterocycles. The third kappa shape index (κ3) is 3.22. The van der Waals surface area contributed by atoms with Gasteiger partial charge in [0.25, 0.3) is 0 Å².